The van der Waals surface area contributed by atoms with Crippen LogP contribution in [0.25, 0.3) is 11.0 Å². The Balaban J connectivity index is 2.04. The van der Waals surface area contributed by atoms with Crippen molar-refractivity contribution in [2.45, 2.75) is 32.7 Å². The third-order valence-corrected chi connectivity index (χ3v) is 6.57. The maximum atomic E-state index is 14.0. The predicted octanol–water partition coefficient (Wildman–Crippen LogP) is 3.95. The van der Waals surface area contributed by atoms with Crippen molar-refractivity contribution in [3.63, 3.8) is 0 Å². The molecule has 1 atom stereocenters. The van der Waals surface area contributed by atoms with Crippen molar-refractivity contribution in [1.82, 2.24) is 14.1 Å². The van der Waals surface area contributed by atoms with Crippen LogP contribution in [0.2, 0.25) is 5.02 Å². The summed E-state index contributed by atoms with van der Waals surface area (Å²) in [6.07, 6.45) is 3.07. The van der Waals surface area contributed by atoms with Gasteiger partial charge in [-0.2, -0.15) is 10.5 Å². The van der Waals surface area contributed by atoms with Gasteiger partial charge in [-0.05, 0) is 42.5 Å². The molecule has 1 aliphatic heterocycles. The fraction of sp³-hybridized carbons (Fsp3) is 0.391. The molecule has 3 aromatic rings. The summed E-state index contributed by atoms with van der Waals surface area (Å²) in [4.78, 5) is 19.7. The molecule has 3 heterocycles. The molecule has 9 heteroatoms. The molecule has 0 amide bonds. The van der Waals surface area contributed by atoms with E-state index in [0.717, 1.165) is 32.4 Å². The van der Waals surface area contributed by atoms with Gasteiger partial charge < -0.3 is 9.47 Å². The molecule has 1 saturated heterocycles. The summed E-state index contributed by atoms with van der Waals surface area (Å²) in [5.41, 5.74) is 0.694. The molecule has 0 unspecified atom stereocenters. The van der Waals surface area contributed by atoms with Crippen molar-refractivity contribution in [2.24, 2.45) is 13.0 Å². The number of aromatic nitrogens is 3. The minimum absolute atomic E-state index is 0.0726. The fourth-order valence-electron chi connectivity index (χ4n) is 4.47. The van der Waals surface area contributed by atoms with Gasteiger partial charge in [-0.25, -0.2) is 9.37 Å². The zero-order valence-electron chi connectivity index (χ0n) is 17.9. The van der Waals surface area contributed by atoms with Crippen LogP contribution in [-0.4, -0.2) is 27.2 Å². The first kappa shape index (κ1) is 21.9. The van der Waals surface area contributed by atoms with E-state index in [1.807, 2.05) is 6.07 Å². The number of halogens is 2. The summed E-state index contributed by atoms with van der Waals surface area (Å²) in [6, 6.07) is 8.21. The number of fused-ring (bicyclic) bond motifs is 1. The Morgan fingerprint density at radius 1 is 1.31 bits per heavy atom. The van der Waals surface area contributed by atoms with E-state index in [2.05, 4.69) is 22.9 Å². The van der Waals surface area contributed by atoms with Crippen molar-refractivity contribution < 1.29 is 4.39 Å². The molecule has 0 saturated carbocycles. The lowest BCUT2D eigenvalue weighted by atomic mass is 9.95. The van der Waals surface area contributed by atoms with E-state index < -0.39 is 11.4 Å². The van der Waals surface area contributed by atoms with Crippen LogP contribution in [0.15, 0.2) is 23.0 Å². The van der Waals surface area contributed by atoms with Crippen LogP contribution in [0.1, 0.15) is 43.1 Å². The zero-order chi connectivity index (χ0) is 23.0. The molecule has 1 aliphatic rings. The third-order valence-electron chi connectivity index (χ3n) is 6.20. The molecule has 0 radical (unpaired) electrons. The highest BCUT2D eigenvalue weighted by atomic mass is 35.5. The Morgan fingerprint density at radius 3 is 2.78 bits per heavy atom. The molecule has 0 aliphatic carbocycles. The SMILES string of the molecule is CC[C@@H]1CCCN(c2c(C#N)c3nc(C#N)n(C)c(=O)c3n2Cc2cc(F)ccc2Cl)C1. The summed E-state index contributed by atoms with van der Waals surface area (Å²) >= 11 is 6.34. The van der Waals surface area contributed by atoms with Gasteiger partial charge in [-0.15, -0.1) is 0 Å². The Kier molecular flexibility index (Phi) is 5.90. The third kappa shape index (κ3) is 3.61. The average Bonchev–Trinajstić information content (AvgIpc) is 3.11. The Bertz CT molecular complexity index is 1350. The first-order valence-electron chi connectivity index (χ1n) is 10.5. The Hall–Kier alpha value is -3.36. The van der Waals surface area contributed by atoms with Crippen LogP contribution in [-0.2, 0) is 13.6 Å². The number of benzene rings is 1. The number of rotatable bonds is 4. The number of nitriles is 2. The second-order valence-corrected chi connectivity index (χ2v) is 8.51. The van der Waals surface area contributed by atoms with E-state index in [9.17, 15) is 19.7 Å². The minimum atomic E-state index is -0.440. The molecule has 1 aromatic carbocycles. The summed E-state index contributed by atoms with van der Waals surface area (Å²) in [5.74, 6) is 0.520. The van der Waals surface area contributed by atoms with Gasteiger partial charge in [-0.1, -0.05) is 24.9 Å². The molecule has 1 fully saturated rings. The second-order valence-electron chi connectivity index (χ2n) is 8.10. The Morgan fingerprint density at radius 2 is 2.09 bits per heavy atom. The number of piperidine rings is 1. The lowest BCUT2D eigenvalue weighted by molar-refractivity contribution is 0.401. The van der Waals surface area contributed by atoms with Gasteiger partial charge in [0.15, 0.2) is 0 Å². The van der Waals surface area contributed by atoms with Gasteiger partial charge >= 0.3 is 0 Å². The maximum absolute atomic E-state index is 14.0. The highest BCUT2D eigenvalue weighted by Crippen LogP contribution is 2.35. The van der Waals surface area contributed by atoms with Crippen molar-refractivity contribution in [1.29, 1.82) is 10.5 Å². The van der Waals surface area contributed by atoms with Gasteiger partial charge in [0.25, 0.3) is 5.56 Å². The number of anilines is 1. The van der Waals surface area contributed by atoms with Crippen molar-refractivity contribution >= 4 is 28.5 Å². The number of hydrogen-bond acceptors (Lipinski definition) is 5. The first-order valence-corrected chi connectivity index (χ1v) is 10.9. The average molecular weight is 453 g/mol. The first-order chi connectivity index (χ1) is 15.4. The van der Waals surface area contributed by atoms with Crippen LogP contribution in [0.3, 0.4) is 0 Å². The minimum Gasteiger partial charge on any atom is -0.357 e. The molecule has 2 aromatic heterocycles. The van der Waals surface area contributed by atoms with Gasteiger partial charge in [0.2, 0.25) is 5.82 Å². The van der Waals surface area contributed by atoms with Gasteiger partial charge in [-0.3, -0.25) is 9.36 Å². The quantitative estimate of drug-likeness (QED) is 0.597. The topological polar surface area (TPSA) is 90.6 Å². The fourth-order valence-corrected chi connectivity index (χ4v) is 4.64. The van der Waals surface area contributed by atoms with Crippen molar-refractivity contribution in [3.05, 3.63) is 56.3 Å². The Labute approximate surface area is 189 Å². The standard InChI is InChI=1S/C23H22ClFN6O/c1-3-14-5-4-8-30(12-14)22-17(10-26)20-21(23(32)29(2)19(11-27)28-20)31(22)13-15-9-16(25)6-7-18(15)24/h6-7,9,14H,3-5,8,12-13H2,1-2H3/t14-/m1/s1. The molecule has 0 bridgehead atoms. The summed E-state index contributed by atoms with van der Waals surface area (Å²) in [6.45, 7) is 3.70. The van der Waals surface area contributed by atoms with Crippen LogP contribution in [0, 0.1) is 34.4 Å². The highest BCUT2D eigenvalue weighted by Gasteiger charge is 2.30. The van der Waals surface area contributed by atoms with E-state index in [0.29, 0.717) is 22.3 Å². The molecule has 7 nitrogen and oxygen atoms in total. The smallest absolute Gasteiger partial charge is 0.278 e. The normalized spacial score (nSPS) is 16.2. The molecule has 0 N–H and O–H groups in total. The maximum Gasteiger partial charge on any atom is 0.278 e. The van der Waals surface area contributed by atoms with Gasteiger partial charge in [0.1, 0.15) is 40.4 Å². The van der Waals surface area contributed by atoms with E-state index in [1.165, 1.54) is 29.8 Å². The summed E-state index contributed by atoms with van der Waals surface area (Å²) in [5, 5.41) is 19.9. The lowest BCUT2D eigenvalue weighted by Gasteiger charge is -2.34. The van der Waals surface area contributed by atoms with Gasteiger partial charge in [0, 0.05) is 25.2 Å². The molecular weight excluding hydrogens is 431 g/mol. The second kappa shape index (κ2) is 8.64. The summed E-state index contributed by atoms with van der Waals surface area (Å²) < 4.78 is 16.9. The monoisotopic (exact) mass is 452 g/mol. The zero-order valence-corrected chi connectivity index (χ0v) is 18.7. The van der Waals surface area contributed by atoms with Crippen LogP contribution in [0.5, 0.6) is 0 Å². The van der Waals surface area contributed by atoms with Crippen LogP contribution in [0.4, 0.5) is 10.2 Å². The molecule has 164 valence electrons. The molecular formula is C23H22ClFN6O. The molecule has 4 rings (SSSR count). The van der Waals surface area contributed by atoms with E-state index >= 15 is 0 Å². The number of hydrogen-bond donors (Lipinski definition) is 0. The van der Waals surface area contributed by atoms with Crippen molar-refractivity contribution in [3.8, 4) is 12.1 Å². The molecule has 0 spiro atoms. The number of nitrogens with zero attached hydrogens (tertiary/aromatic N) is 6. The molecule has 32 heavy (non-hydrogen) atoms. The van der Waals surface area contributed by atoms with Crippen LogP contribution >= 0.6 is 11.6 Å². The van der Waals surface area contributed by atoms with E-state index in [-0.39, 0.29) is 29.0 Å². The van der Waals surface area contributed by atoms with Crippen LogP contribution < -0.4 is 10.5 Å². The highest BCUT2D eigenvalue weighted by molar-refractivity contribution is 6.31. The van der Waals surface area contributed by atoms with Gasteiger partial charge in [0.05, 0.1) is 6.54 Å². The van der Waals surface area contributed by atoms with E-state index in [1.54, 1.807) is 4.57 Å². The van der Waals surface area contributed by atoms with Crippen molar-refractivity contribution in [2.75, 3.05) is 18.0 Å². The predicted molar refractivity (Wildman–Crippen MR) is 120 cm³/mol. The largest absolute Gasteiger partial charge is 0.357 e. The van der Waals surface area contributed by atoms with E-state index in [4.69, 9.17) is 11.6 Å². The lowest BCUT2D eigenvalue weighted by Crippen LogP contribution is -2.37. The summed E-state index contributed by atoms with van der Waals surface area (Å²) in [7, 11) is 1.47.